The Morgan fingerprint density at radius 1 is 0.436 bits per heavy atom. The smallest absolute Gasteiger partial charge is 0.0508 e. The zero-order valence-corrected chi connectivity index (χ0v) is 31.6. The summed E-state index contributed by atoms with van der Waals surface area (Å²) in [7, 11) is 0. The second kappa shape index (κ2) is 12.3. The molecule has 0 N–H and O–H groups in total. The van der Waals surface area contributed by atoms with E-state index in [9.17, 15) is 0 Å². The maximum atomic E-state index is 2.50. The number of thiophene rings is 1. The van der Waals surface area contributed by atoms with E-state index in [0.29, 0.717) is 0 Å². The van der Waals surface area contributed by atoms with Crippen molar-refractivity contribution in [2.75, 3.05) is 4.90 Å². The Morgan fingerprint density at radius 3 is 1.87 bits per heavy atom. The van der Waals surface area contributed by atoms with E-state index in [1.165, 1.54) is 91.9 Å². The minimum absolute atomic E-state index is 0.169. The van der Waals surface area contributed by atoms with Gasteiger partial charge in [0.2, 0.25) is 0 Å². The summed E-state index contributed by atoms with van der Waals surface area (Å²) in [6.07, 6.45) is 0. The van der Waals surface area contributed by atoms with E-state index in [-0.39, 0.29) is 5.41 Å². The molecule has 0 atom stereocenters. The van der Waals surface area contributed by atoms with Crippen molar-refractivity contribution in [3.8, 4) is 33.4 Å². The molecule has 55 heavy (non-hydrogen) atoms. The highest BCUT2D eigenvalue weighted by molar-refractivity contribution is 7.26. The lowest BCUT2D eigenvalue weighted by molar-refractivity contribution is 0.661. The molecule has 0 aliphatic heterocycles. The first-order valence-corrected chi connectivity index (χ1v) is 19.9. The molecule has 0 fully saturated rings. The molecule has 9 aromatic carbocycles. The molecule has 1 nitrogen and oxygen atoms in total. The van der Waals surface area contributed by atoms with Crippen LogP contribution in [0.1, 0.15) is 25.0 Å². The molecular weight excluding hydrogens is 683 g/mol. The maximum absolute atomic E-state index is 2.50. The molecule has 0 saturated heterocycles. The SMILES string of the molecule is CC1(C)c2ccccc2-c2cccc(N(c3ccc(-c4cccc5cccc(-c6ccccc6)c45)cc3)c3ccc4c(c3)sc3c5ccccc5ccc43)c21. The van der Waals surface area contributed by atoms with Crippen molar-refractivity contribution in [3.05, 3.63) is 199 Å². The molecule has 0 radical (unpaired) electrons. The second-order valence-corrected chi connectivity index (χ2v) is 16.3. The number of rotatable bonds is 5. The van der Waals surface area contributed by atoms with Crippen LogP contribution in [0, 0.1) is 0 Å². The van der Waals surface area contributed by atoms with Crippen LogP contribution in [0.4, 0.5) is 17.1 Å². The zero-order chi connectivity index (χ0) is 36.7. The van der Waals surface area contributed by atoms with Crippen LogP contribution < -0.4 is 4.90 Å². The molecule has 0 bridgehead atoms. The second-order valence-electron chi connectivity index (χ2n) is 15.3. The fourth-order valence-electron chi connectivity index (χ4n) is 9.29. The van der Waals surface area contributed by atoms with Crippen LogP contribution in [0.5, 0.6) is 0 Å². The molecule has 1 aromatic heterocycles. The molecule has 0 saturated carbocycles. The van der Waals surface area contributed by atoms with Gasteiger partial charge < -0.3 is 4.90 Å². The van der Waals surface area contributed by atoms with Crippen molar-refractivity contribution >= 4 is 70.1 Å². The Bertz CT molecular complexity index is 3110. The monoisotopic (exact) mass is 719 g/mol. The summed E-state index contributed by atoms with van der Waals surface area (Å²) in [6.45, 7) is 4.77. The summed E-state index contributed by atoms with van der Waals surface area (Å²) in [4.78, 5) is 2.50. The van der Waals surface area contributed by atoms with Gasteiger partial charge in [-0.3, -0.25) is 0 Å². The largest absolute Gasteiger partial charge is 0.310 e. The predicted molar refractivity (Wildman–Crippen MR) is 237 cm³/mol. The van der Waals surface area contributed by atoms with Gasteiger partial charge in [-0.25, -0.2) is 0 Å². The van der Waals surface area contributed by atoms with E-state index < -0.39 is 0 Å². The van der Waals surface area contributed by atoms with Crippen molar-refractivity contribution in [3.63, 3.8) is 0 Å². The molecule has 11 rings (SSSR count). The van der Waals surface area contributed by atoms with Crippen LogP contribution in [-0.2, 0) is 5.41 Å². The Balaban J connectivity index is 1.11. The van der Waals surface area contributed by atoms with E-state index in [1.54, 1.807) is 0 Å². The molecule has 0 spiro atoms. The molecule has 0 amide bonds. The highest BCUT2D eigenvalue weighted by Crippen LogP contribution is 2.54. The van der Waals surface area contributed by atoms with Gasteiger partial charge in [0.15, 0.2) is 0 Å². The Morgan fingerprint density at radius 2 is 1.05 bits per heavy atom. The van der Waals surface area contributed by atoms with Gasteiger partial charge in [-0.1, -0.05) is 172 Å². The topological polar surface area (TPSA) is 3.24 Å². The predicted octanol–water partition coefficient (Wildman–Crippen LogP) is 15.5. The summed E-state index contributed by atoms with van der Waals surface area (Å²) >= 11 is 1.90. The first-order chi connectivity index (χ1) is 27.0. The van der Waals surface area contributed by atoms with Crippen molar-refractivity contribution in [1.82, 2.24) is 0 Å². The quantitative estimate of drug-likeness (QED) is 0.171. The van der Waals surface area contributed by atoms with Crippen LogP contribution in [-0.4, -0.2) is 0 Å². The molecule has 0 unspecified atom stereocenters. The lowest BCUT2D eigenvalue weighted by Gasteiger charge is -2.32. The van der Waals surface area contributed by atoms with Crippen LogP contribution in [0.2, 0.25) is 0 Å². The van der Waals surface area contributed by atoms with Gasteiger partial charge in [0.1, 0.15) is 0 Å². The standard InChI is InChI=1S/C53H37NS/c1-53(2)47-23-9-8-19-43(47)45-22-12-24-48(51(45)53)54(39-30-32-44-46-31-27-35-15-6-7-18-42(35)52(46)55-49(44)33-39)38-28-25-36(26-29-38)41-21-11-17-37-16-10-20-40(50(37)41)34-13-4-3-5-14-34/h3-33H,1-2H3. The Kier molecular flexibility index (Phi) is 7.14. The summed E-state index contributed by atoms with van der Waals surface area (Å²) in [6, 6.07) is 69.5. The first-order valence-electron chi connectivity index (χ1n) is 19.1. The number of anilines is 3. The zero-order valence-electron chi connectivity index (χ0n) is 30.8. The van der Waals surface area contributed by atoms with Crippen molar-refractivity contribution in [2.24, 2.45) is 0 Å². The first kappa shape index (κ1) is 32.0. The van der Waals surface area contributed by atoms with E-state index >= 15 is 0 Å². The third-order valence-electron chi connectivity index (χ3n) is 11.8. The van der Waals surface area contributed by atoms with Gasteiger partial charge in [-0.2, -0.15) is 0 Å². The maximum Gasteiger partial charge on any atom is 0.0508 e. The van der Waals surface area contributed by atoms with E-state index in [0.717, 1.165) is 11.4 Å². The summed E-state index contributed by atoms with van der Waals surface area (Å²) in [5.41, 5.74) is 13.7. The fourth-order valence-corrected chi connectivity index (χ4v) is 10.6. The average molecular weight is 720 g/mol. The van der Waals surface area contributed by atoms with Crippen molar-refractivity contribution in [1.29, 1.82) is 0 Å². The molecule has 1 heterocycles. The Labute approximate surface area is 325 Å². The number of fused-ring (bicyclic) bond motifs is 9. The molecular formula is C53H37NS. The number of nitrogens with zero attached hydrogens (tertiary/aromatic N) is 1. The average Bonchev–Trinajstić information content (AvgIpc) is 3.73. The van der Waals surface area contributed by atoms with E-state index in [2.05, 4.69) is 207 Å². The lowest BCUT2D eigenvalue weighted by Crippen LogP contribution is -2.20. The van der Waals surface area contributed by atoms with Gasteiger partial charge >= 0.3 is 0 Å². The number of hydrogen-bond donors (Lipinski definition) is 0. The Hall–Kier alpha value is -6.48. The highest BCUT2D eigenvalue weighted by Gasteiger charge is 2.38. The minimum Gasteiger partial charge on any atom is -0.310 e. The van der Waals surface area contributed by atoms with Crippen molar-refractivity contribution in [2.45, 2.75) is 19.3 Å². The third kappa shape index (κ3) is 4.92. The van der Waals surface area contributed by atoms with Crippen LogP contribution in [0.25, 0.3) is 75.1 Å². The molecule has 1 aliphatic rings. The van der Waals surface area contributed by atoms with E-state index in [4.69, 9.17) is 0 Å². The summed E-state index contributed by atoms with van der Waals surface area (Å²) < 4.78 is 2.65. The van der Waals surface area contributed by atoms with Gasteiger partial charge in [-0.05, 0) is 96.4 Å². The van der Waals surface area contributed by atoms with Gasteiger partial charge in [0, 0.05) is 37.0 Å². The molecule has 10 aromatic rings. The van der Waals surface area contributed by atoms with Gasteiger partial charge in [0.05, 0.1) is 5.69 Å². The van der Waals surface area contributed by atoms with Crippen LogP contribution in [0.15, 0.2) is 188 Å². The molecule has 2 heteroatoms. The minimum atomic E-state index is -0.169. The van der Waals surface area contributed by atoms with Gasteiger partial charge in [-0.15, -0.1) is 11.3 Å². The normalized spacial score (nSPS) is 13.1. The van der Waals surface area contributed by atoms with Crippen LogP contribution in [0.3, 0.4) is 0 Å². The molecule has 260 valence electrons. The number of hydrogen-bond acceptors (Lipinski definition) is 2. The highest BCUT2D eigenvalue weighted by atomic mass is 32.1. The van der Waals surface area contributed by atoms with E-state index in [1.807, 2.05) is 11.3 Å². The molecule has 1 aliphatic carbocycles. The van der Waals surface area contributed by atoms with Crippen LogP contribution >= 0.6 is 11.3 Å². The third-order valence-corrected chi connectivity index (χ3v) is 13.0. The summed E-state index contributed by atoms with van der Waals surface area (Å²) in [5, 5.41) is 7.76. The van der Waals surface area contributed by atoms with Gasteiger partial charge in [0.25, 0.3) is 0 Å². The number of benzene rings is 9. The lowest BCUT2D eigenvalue weighted by atomic mass is 9.81. The summed E-state index contributed by atoms with van der Waals surface area (Å²) in [5.74, 6) is 0. The van der Waals surface area contributed by atoms with Crippen molar-refractivity contribution < 1.29 is 0 Å². The fraction of sp³-hybridized carbons (Fsp3) is 0.0566.